The van der Waals surface area contributed by atoms with Gasteiger partial charge in [-0.2, -0.15) is 4.98 Å². The monoisotopic (exact) mass is 255 g/mol. The van der Waals surface area contributed by atoms with Crippen molar-refractivity contribution in [3.05, 3.63) is 41.7 Å². The van der Waals surface area contributed by atoms with Crippen LogP contribution in [0.1, 0.15) is 30.5 Å². The van der Waals surface area contributed by atoms with Crippen molar-refractivity contribution in [3.8, 4) is 0 Å². The number of nitrogens with one attached hydrogen (secondary N) is 1. The molecule has 1 heterocycles. The molecule has 0 saturated heterocycles. The molecule has 3 N–H and O–H groups in total. The lowest BCUT2D eigenvalue weighted by Gasteiger charge is -2.32. The molecular formula is C14H17N5. The molecule has 0 spiro atoms. The van der Waals surface area contributed by atoms with E-state index in [2.05, 4.69) is 51.5 Å². The maximum absolute atomic E-state index is 5.59. The van der Waals surface area contributed by atoms with Gasteiger partial charge < -0.3 is 11.1 Å². The first kappa shape index (κ1) is 11.9. The van der Waals surface area contributed by atoms with Gasteiger partial charge in [-0.05, 0) is 29.9 Å². The van der Waals surface area contributed by atoms with E-state index in [-0.39, 0.29) is 12.0 Å². The number of benzene rings is 1. The molecule has 0 aliphatic heterocycles. The summed E-state index contributed by atoms with van der Waals surface area (Å²) in [4.78, 5) is 12.1. The Balaban J connectivity index is 1.91. The predicted molar refractivity (Wildman–Crippen MR) is 74.5 cm³/mol. The summed E-state index contributed by atoms with van der Waals surface area (Å²) in [6.45, 7) is 2.25. The topological polar surface area (TPSA) is 76.7 Å². The van der Waals surface area contributed by atoms with Gasteiger partial charge in [-0.15, -0.1) is 0 Å². The normalized spacial score (nSPS) is 21.7. The Kier molecular flexibility index (Phi) is 3.03. The third-order valence-electron chi connectivity index (χ3n) is 3.70. The summed E-state index contributed by atoms with van der Waals surface area (Å²) in [6.07, 6.45) is 3.73. The zero-order valence-electron chi connectivity index (χ0n) is 10.9. The van der Waals surface area contributed by atoms with Gasteiger partial charge in [0, 0.05) is 0 Å². The number of rotatable bonds is 2. The Morgan fingerprint density at radius 2 is 2.11 bits per heavy atom. The number of fused-ring (bicyclic) bond motifs is 1. The zero-order valence-corrected chi connectivity index (χ0v) is 10.9. The Hall–Kier alpha value is -2.17. The van der Waals surface area contributed by atoms with Crippen LogP contribution in [0.4, 0.5) is 11.9 Å². The van der Waals surface area contributed by atoms with Crippen LogP contribution in [0.25, 0.3) is 0 Å². The van der Waals surface area contributed by atoms with Gasteiger partial charge >= 0.3 is 0 Å². The van der Waals surface area contributed by atoms with Crippen LogP contribution in [-0.4, -0.2) is 15.0 Å². The quantitative estimate of drug-likeness (QED) is 0.860. The van der Waals surface area contributed by atoms with Gasteiger partial charge in [-0.25, -0.2) is 9.97 Å². The van der Waals surface area contributed by atoms with Gasteiger partial charge in [-0.3, -0.25) is 0 Å². The fraction of sp³-hybridized carbons (Fsp3) is 0.357. The summed E-state index contributed by atoms with van der Waals surface area (Å²) >= 11 is 0. The van der Waals surface area contributed by atoms with Gasteiger partial charge in [0.05, 0.1) is 6.04 Å². The summed E-state index contributed by atoms with van der Waals surface area (Å²) in [5, 5.41) is 3.39. The Morgan fingerprint density at radius 3 is 2.95 bits per heavy atom. The number of anilines is 2. The minimum atomic E-state index is 0.228. The molecule has 5 heteroatoms. The highest BCUT2D eigenvalue weighted by molar-refractivity contribution is 5.40. The molecule has 0 bridgehead atoms. The average Bonchev–Trinajstić information content (AvgIpc) is 2.42. The van der Waals surface area contributed by atoms with Crippen LogP contribution in [0, 0.1) is 5.92 Å². The molecule has 5 nitrogen and oxygen atoms in total. The largest absolute Gasteiger partial charge is 0.368 e. The van der Waals surface area contributed by atoms with E-state index in [0.717, 1.165) is 12.8 Å². The zero-order chi connectivity index (χ0) is 13.2. The predicted octanol–water partition coefficient (Wildman–Crippen LogP) is 2.19. The van der Waals surface area contributed by atoms with E-state index < -0.39 is 0 Å². The van der Waals surface area contributed by atoms with Crippen LogP contribution >= 0.6 is 0 Å². The molecule has 1 aromatic carbocycles. The van der Waals surface area contributed by atoms with E-state index in [0.29, 0.717) is 11.9 Å². The maximum atomic E-state index is 5.59. The molecule has 98 valence electrons. The first-order chi connectivity index (χ1) is 9.24. The van der Waals surface area contributed by atoms with Gasteiger partial charge in [0.1, 0.15) is 6.33 Å². The second-order valence-corrected chi connectivity index (χ2v) is 5.00. The van der Waals surface area contributed by atoms with Crippen LogP contribution in [-0.2, 0) is 6.42 Å². The molecule has 1 aliphatic rings. The highest BCUT2D eigenvalue weighted by Gasteiger charge is 2.26. The van der Waals surface area contributed by atoms with Crippen LogP contribution in [0.5, 0.6) is 0 Å². The standard InChI is InChI=1S/C14H17N5/c1-9-6-7-10-4-2-3-5-11(10)12(9)18-14-17-8-16-13(15)19-14/h2-5,8-9,12H,6-7H2,1H3,(H3,15,16,17,18,19)/t9-,12+/m0/s1. The Morgan fingerprint density at radius 1 is 1.26 bits per heavy atom. The smallest absolute Gasteiger partial charge is 0.227 e. The van der Waals surface area contributed by atoms with E-state index in [1.54, 1.807) is 0 Å². The van der Waals surface area contributed by atoms with Crippen molar-refractivity contribution in [3.63, 3.8) is 0 Å². The SMILES string of the molecule is C[C@H]1CCc2ccccc2[C@@H]1Nc1ncnc(N)n1. The molecule has 0 amide bonds. The van der Waals surface area contributed by atoms with E-state index in [9.17, 15) is 0 Å². The number of hydrogen-bond donors (Lipinski definition) is 2. The van der Waals surface area contributed by atoms with Crippen molar-refractivity contribution in [2.45, 2.75) is 25.8 Å². The second-order valence-electron chi connectivity index (χ2n) is 5.00. The lowest BCUT2D eigenvalue weighted by Crippen LogP contribution is -2.25. The fourth-order valence-corrected chi connectivity index (χ4v) is 2.66. The third kappa shape index (κ3) is 2.36. The highest BCUT2D eigenvalue weighted by Crippen LogP contribution is 2.35. The van der Waals surface area contributed by atoms with Crippen molar-refractivity contribution in [2.75, 3.05) is 11.1 Å². The van der Waals surface area contributed by atoms with E-state index in [1.165, 1.54) is 17.5 Å². The summed E-state index contributed by atoms with van der Waals surface area (Å²) in [5.74, 6) is 1.32. The van der Waals surface area contributed by atoms with Crippen molar-refractivity contribution in [1.82, 2.24) is 15.0 Å². The molecule has 2 aromatic rings. The molecule has 2 atom stereocenters. The molecule has 19 heavy (non-hydrogen) atoms. The van der Waals surface area contributed by atoms with E-state index in [1.807, 2.05) is 0 Å². The summed E-state index contributed by atoms with van der Waals surface area (Å²) in [7, 11) is 0. The van der Waals surface area contributed by atoms with Crippen LogP contribution in [0.3, 0.4) is 0 Å². The maximum Gasteiger partial charge on any atom is 0.227 e. The van der Waals surface area contributed by atoms with Crippen LogP contribution < -0.4 is 11.1 Å². The van der Waals surface area contributed by atoms with Crippen LogP contribution in [0.2, 0.25) is 0 Å². The summed E-state index contributed by atoms with van der Waals surface area (Å²) in [6, 6.07) is 8.76. The number of nitrogens with zero attached hydrogens (tertiary/aromatic N) is 3. The van der Waals surface area contributed by atoms with Crippen molar-refractivity contribution in [2.24, 2.45) is 5.92 Å². The Bertz CT molecular complexity index is 584. The lowest BCUT2D eigenvalue weighted by atomic mass is 9.81. The molecule has 0 fully saturated rings. The van der Waals surface area contributed by atoms with Crippen molar-refractivity contribution in [1.29, 1.82) is 0 Å². The summed E-state index contributed by atoms with van der Waals surface area (Å²) in [5.41, 5.74) is 8.33. The Labute approximate surface area is 112 Å². The molecular weight excluding hydrogens is 238 g/mol. The number of nitrogen functional groups attached to an aromatic ring is 1. The van der Waals surface area contributed by atoms with Gasteiger partial charge in [0.25, 0.3) is 0 Å². The number of nitrogens with two attached hydrogens (primary N) is 1. The number of aromatic nitrogens is 3. The summed E-state index contributed by atoms with van der Waals surface area (Å²) < 4.78 is 0. The minimum Gasteiger partial charge on any atom is -0.368 e. The van der Waals surface area contributed by atoms with E-state index >= 15 is 0 Å². The third-order valence-corrected chi connectivity index (χ3v) is 3.70. The molecule has 0 radical (unpaired) electrons. The van der Waals surface area contributed by atoms with Gasteiger partial charge in [0.15, 0.2) is 0 Å². The first-order valence-electron chi connectivity index (χ1n) is 6.53. The fourth-order valence-electron chi connectivity index (χ4n) is 2.66. The second kappa shape index (κ2) is 4.84. The molecule has 0 saturated carbocycles. The highest BCUT2D eigenvalue weighted by atomic mass is 15.2. The molecule has 3 rings (SSSR count). The molecule has 0 unspecified atom stereocenters. The van der Waals surface area contributed by atoms with Crippen LogP contribution in [0.15, 0.2) is 30.6 Å². The van der Waals surface area contributed by atoms with Gasteiger partial charge in [0.2, 0.25) is 11.9 Å². The molecule has 1 aliphatic carbocycles. The minimum absolute atomic E-state index is 0.228. The average molecular weight is 255 g/mol. The molecule has 1 aromatic heterocycles. The van der Waals surface area contributed by atoms with E-state index in [4.69, 9.17) is 5.73 Å². The number of aryl methyl sites for hydroxylation is 1. The van der Waals surface area contributed by atoms with Crippen molar-refractivity contribution >= 4 is 11.9 Å². The first-order valence-corrected chi connectivity index (χ1v) is 6.53. The van der Waals surface area contributed by atoms with Crippen molar-refractivity contribution < 1.29 is 0 Å². The number of hydrogen-bond acceptors (Lipinski definition) is 5. The van der Waals surface area contributed by atoms with Gasteiger partial charge in [-0.1, -0.05) is 31.2 Å². The lowest BCUT2D eigenvalue weighted by molar-refractivity contribution is 0.432.